The fourth-order valence-electron chi connectivity index (χ4n) is 3.91. The summed E-state index contributed by atoms with van der Waals surface area (Å²) >= 11 is 0. The Labute approximate surface area is 108 Å². The standard InChI is InChI=1S/C16H31N/c1-15(2,3)17-11-16(4,5)10-14-9-12-6-7-13(14)8-12/h12-14,17H,6-11H2,1-5H3. The Balaban J connectivity index is 1.81. The van der Waals surface area contributed by atoms with Crippen LogP contribution in [0.1, 0.15) is 66.7 Å². The lowest BCUT2D eigenvalue weighted by atomic mass is 9.76. The van der Waals surface area contributed by atoms with Gasteiger partial charge in [-0.15, -0.1) is 0 Å². The lowest BCUT2D eigenvalue weighted by Crippen LogP contribution is -2.42. The first-order valence-electron chi connectivity index (χ1n) is 7.50. The molecule has 0 aromatic heterocycles. The van der Waals surface area contributed by atoms with Gasteiger partial charge in [-0.25, -0.2) is 0 Å². The fourth-order valence-corrected chi connectivity index (χ4v) is 3.91. The quantitative estimate of drug-likeness (QED) is 0.771. The molecule has 2 rings (SSSR count). The normalized spacial score (nSPS) is 33.4. The van der Waals surface area contributed by atoms with Gasteiger partial charge < -0.3 is 5.32 Å². The average Bonchev–Trinajstić information content (AvgIpc) is 2.74. The molecule has 17 heavy (non-hydrogen) atoms. The van der Waals surface area contributed by atoms with Crippen LogP contribution in [0.3, 0.4) is 0 Å². The van der Waals surface area contributed by atoms with Crippen LogP contribution in [0.15, 0.2) is 0 Å². The lowest BCUT2D eigenvalue weighted by molar-refractivity contribution is 0.190. The van der Waals surface area contributed by atoms with Gasteiger partial charge in [0.25, 0.3) is 0 Å². The molecule has 0 heterocycles. The molecule has 0 spiro atoms. The first kappa shape index (κ1) is 13.4. The van der Waals surface area contributed by atoms with Crippen molar-refractivity contribution in [2.45, 2.75) is 72.3 Å². The van der Waals surface area contributed by atoms with E-state index in [1.807, 2.05) is 0 Å². The second-order valence-corrected chi connectivity index (χ2v) is 8.41. The molecule has 2 saturated carbocycles. The SMILES string of the molecule is CC(C)(CNC(C)(C)C)CC1CC2CCC1C2. The van der Waals surface area contributed by atoms with Gasteiger partial charge in [-0.3, -0.25) is 0 Å². The van der Waals surface area contributed by atoms with Crippen molar-refractivity contribution in [2.75, 3.05) is 6.54 Å². The summed E-state index contributed by atoms with van der Waals surface area (Å²) in [6.45, 7) is 12.8. The molecular weight excluding hydrogens is 206 g/mol. The Morgan fingerprint density at radius 2 is 1.71 bits per heavy atom. The number of fused-ring (bicyclic) bond motifs is 2. The van der Waals surface area contributed by atoms with E-state index in [4.69, 9.17) is 0 Å². The van der Waals surface area contributed by atoms with Crippen LogP contribution >= 0.6 is 0 Å². The maximum Gasteiger partial charge on any atom is 0.00967 e. The lowest BCUT2D eigenvalue weighted by Gasteiger charge is -2.35. The first-order chi connectivity index (χ1) is 7.75. The molecule has 0 aromatic carbocycles. The molecular formula is C16H31N. The van der Waals surface area contributed by atoms with E-state index in [0.717, 1.165) is 24.3 Å². The highest BCUT2D eigenvalue weighted by atomic mass is 15.0. The van der Waals surface area contributed by atoms with Crippen LogP contribution < -0.4 is 5.32 Å². The summed E-state index contributed by atoms with van der Waals surface area (Å²) in [5.74, 6) is 3.20. The smallest absolute Gasteiger partial charge is 0.00967 e. The largest absolute Gasteiger partial charge is 0.312 e. The summed E-state index contributed by atoms with van der Waals surface area (Å²) in [4.78, 5) is 0. The highest BCUT2D eigenvalue weighted by Gasteiger charge is 2.41. The van der Waals surface area contributed by atoms with Crippen LogP contribution in [0.4, 0.5) is 0 Å². The van der Waals surface area contributed by atoms with Gasteiger partial charge in [0.05, 0.1) is 0 Å². The summed E-state index contributed by atoms with van der Waals surface area (Å²) in [5, 5.41) is 3.68. The van der Waals surface area contributed by atoms with Gasteiger partial charge in [0.1, 0.15) is 0 Å². The van der Waals surface area contributed by atoms with E-state index in [1.165, 1.54) is 25.7 Å². The van der Waals surface area contributed by atoms with Crippen molar-refractivity contribution in [3.8, 4) is 0 Å². The topological polar surface area (TPSA) is 12.0 Å². The third-order valence-corrected chi connectivity index (χ3v) is 4.80. The van der Waals surface area contributed by atoms with Crippen LogP contribution in [0.25, 0.3) is 0 Å². The Kier molecular flexibility index (Phi) is 3.60. The molecule has 2 fully saturated rings. The molecule has 0 aliphatic heterocycles. The van der Waals surface area contributed by atoms with Crippen molar-refractivity contribution in [3.63, 3.8) is 0 Å². The van der Waals surface area contributed by atoms with Crippen molar-refractivity contribution >= 4 is 0 Å². The molecule has 0 radical (unpaired) electrons. The zero-order chi connectivity index (χ0) is 12.7. The van der Waals surface area contributed by atoms with Gasteiger partial charge in [-0.05, 0) is 69.6 Å². The monoisotopic (exact) mass is 237 g/mol. The Hall–Kier alpha value is -0.0400. The van der Waals surface area contributed by atoms with Crippen LogP contribution in [0, 0.1) is 23.2 Å². The van der Waals surface area contributed by atoms with Crippen LogP contribution in [-0.2, 0) is 0 Å². The number of rotatable bonds is 4. The fraction of sp³-hybridized carbons (Fsp3) is 1.00. The highest BCUT2D eigenvalue weighted by molar-refractivity contribution is 4.92. The molecule has 0 saturated heterocycles. The second kappa shape index (κ2) is 4.57. The Morgan fingerprint density at radius 1 is 1.00 bits per heavy atom. The van der Waals surface area contributed by atoms with Crippen LogP contribution in [0.2, 0.25) is 0 Å². The van der Waals surface area contributed by atoms with E-state index in [2.05, 4.69) is 39.9 Å². The summed E-state index contributed by atoms with van der Waals surface area (Å²) in [6, 6.07) is 0. The molecule has 2 aliphatic carbocycles. The number of hydrogen-bond donors (Lipinski definition) is 1. The zero-order valence-electron chi connectivity index (χ0n) is 12.5. The second-order valence-electron chi connectivity index (χ2n) is 8.41. The summed E-state index contributed by atoms with van der Waals surface area (Å²) < 4.78 is 0. The van der Waals surface area contributed by atoms with E-state index in [9.17, 15) is 0 Å². The number of nitrogens with one attached hydrogen (secondary N) is 1. The van der Waals surface area contributed by atoms with Crippen molar-refractivity contribution in [1.82, 2.24) is 5.32 Å². The molecule has 3 atom stereocenters. The van der Waals surface area contributed by atoms with Gasteiger partial charge >= 0.3 is 0 Å². The Bertz CT molecular complexity index is 261. The van der Waals surface area contributed by atoms with Crippen molar-refractivity contribution in [3.05, 3.63) is 0 Å². The van der Waals surface area contributed by atoms with Crippen LogP contribution in [0.5, 0.6) is 0 Å². The predicted molar refractivity (Wildman–Crippen MR) is 75.1 cm³/mol. The molecule has 100 valence electrons. The molecule has 1 N–H and O–H groups in total. The third kappa shape index (κ3) is 3.71. The van der Waals surface area contributed by atoms with Crippen molar-refractivity contribution < 1.29 is 0 Å². The molecule has 3 unspecified atom stereocenters. The van der Waals surface area contributed by atoms with E-state index >= 15 is 0 Å². The summed E-state index contributed by atoms with van der Waals surface area (Å²) in [7, 11) is 0. The molecule has 1 nitrogen and oxygen atoms in total. The van der Waals surface area contributed by atoms with Gasteiger partial charge in [0.15, 0.2) is 0 Å². The minimum Gasteiger partial charge on any atom is -0.312 e. The average molecular weight is 237 g/mol. The van der Waals surface area contributed by atoms with E-state index < -0.39 is 0 Å². The van der Waals surface area contributed by atoms with Gasteiger partial charge in [-0.2, -0.15) is 0 Å². The highest BCUT2D eigenvalue weighted by Crippen LogP contribution is 2.51. The van der Waals surface area contributed by atoms with E-state index in [0.29, 0.717) is 5.41 Å². The molecule has 1 heteroatoms. The molecule has 2 aliphatic rings. The third-order valence-electron chi connectivity index (χ3n) is 4.80. The van der Waals surface area contributed by atoms with Gasteiger partial charge in [0, 0.05) is 12.1 Å². The summed E-state index contributed by atoms with van der Waals surface area (Å²) in [6.07, 6.45) is 7.56. The predicted octanol–water partition coefficient (Wildman–Crippen LogP) is 4.23. The Morgan fingerprint density at radius 3 is 2.18 bits per heavy atom. The maximum absolute atomic E-state index is 3.68. The molecule has 0 amide bonds. The maximum atomic E-state index is 3.68. The zero-order valence-corrected chi connectivity index (χ0v) is 12.5. The minimum atomic E-state index is 0.256. The van der Waals surface area contributed by atoms with Crippen LogP contribution in [-0.4, -0.2) is 12.1 Å². The number of hydrogen-bond acceptors (Lipinski definition) is 1. The molecule has 0 aromatic rings. The van der Waals surface area contributed by atoms with Crippen molar-refractivity contribution in [2.24, 2.45) is 23.2 Å². The first-order valence-corrected chi connectivity index (χ1v) is 7.50. The van der Waals surface area contributed by atoms with Gasteiger partial charge in [0.2, 0.25) is 0 Å². The minimum absolute atomic E-state index is 0.256. The van der Waals surface area contributed by atoms with Gasteiger partial charge in [-0.1, -0.05) is 20.3 Å². The molecule has 2 bridgehead atoms. The van der Waals surface area contributed by atoms with E-state index in [1.54, 1.807) is 6.42 Å². The van der Waals surface area contributed by atoms with E-state index in [-0.39, 0.29) is 5.54 Å². The van der Waals surface area contributed by atoms with Crippen molar-refractivity contribution in [1.29, 1.82) is 0 Å². The summed E-state index contributed by atoms with van der Waals surface area (Å²) in [5.41, 5.74) is 0.717.